The third-order valence-corrected chi connectivity index (χ3v) is 5.49. The molecular weight excluding hydrogens is 448 g/mol. The maximum Gasteiger partial charge on any atom is 0.308 e. The van der Waals surface area contributed by atoms with E-state index in [1.807, 2.05) is 13.0 Å². The molecule has 0 aliphatic heterocycles. The second kappa shape index (κ2) is 11.5. The summed E-state index contributed by atoms with van der Waals surface area (Å²) in [6, 6.07) is 12.0. The molecule has 184 valence electrons. The van der Waals surface area contributed by atoms with E-state index < -0.39 is 5.97 Å². The Morgan fingerprint density at radius 2 is 1.51 bits per heavy atom. The summed E-state index contributed by atoms with van der Waals surface area (Å²) in [5.74, 6) is 0.530. The van der Waals surface area contributed by atoms with Crippen molar-refractivity contribution in [2.45, 2.75) is 47.0 Å². The molecule has 3 aromatic carbocycles. The maximum atomic E-state index is 12.4. The Balaban J connectivity index is 1.70. The molecule has 0 saturated heterocycles. The van der Waals surface area contributed by atoms with Crippen LogP contribution in [0.15, 0.2) is 42.5 Å². The lowest BCUT2D eigenvalue weighted by atomic mass is 10.0. The molecule has 0 atom stereocenters. The SMILES string of the molecule is CCCc1c(OCCCOc2ccc3ccc(OC(C)=O)cc3c2C(C)=O)ccc(C(C)=O)c1O. The Kier molecular flexibility index (Phi) is 8.47. The van der Waals surface area contributed by atoms with Gasteiger partial charge in [-0.15, -0.1) is 0 Å². The van der Waals surface area contributed by atoms with Crippen LogP contribution in [0.5, 0.6) is 23.0 Å². The second-order valence-electron chi connectivity index (χ2n) is 8.27. The maximum absolute atomic E-state index is 12.4. The van der Waals surface area contributed by atoms with Crippen molar-refractivity contribution in [2.75, 3.05) is 13.2 Å². The Bertz CT molecular complexity index is 1260. The molecule has 0 aliphatic rings. The molecule has 7 nitrogen and oxygen atoms in total. The summed E-state index contributed by atoms with van der Waals surface area (Å²) in [4.78, 5) is 35.5. The molecule has 0 spiro atoms. The number of esters is 1. The van der Waals surface area contributed by atoms with Crippen LogP contribution < -0.4 is 14.2 Å². The van der Waals surface area contributed by atoms with Crippen LogP contribution in [0, 0.1) is 0 Å². The highest BCUT2D eigenvalue weighted by atomic mass is 16.5. The summed E-state index contributed by atoms with van der Waals surface area (Å²) in [5.41, 5.74) is 1.33. The number of rotatable bonds is 11. The molecule has 1 N–H and O–H groups in total. The number of carbonyl (C=O) groups is 3. The normalized spacial score (nSPS) is 10.7. The number of phenolic OH excluding ortho intramolecular Hbond substituents is 1. The zero-order chi connectivity index (χ0) is 25.5. The first kappa shape index (κ1) is 25.7. The van der Waals surface area contributed by atoms with E-state index in [4.69, 9.17) is 14.2 Å². The van der Waals surface area contributed by atoms with Crippen molar-refractivity contribution in [3.05, 3.63) is 59.2 Å². The zero-order valence-electron chi connectivity index (χ0n) is 20.5. The third-order valence-electron chi connectivity index (χ3n) is 5.49. The van der Waals surface area contributed by atoms with Gasteiger partial charge < -0.3 is 19.3 Å². The number of ether oxygens (including phenoxy) is 3. The molecule has 0 saturated carbocycles. The van der Waals surface area contributed by atoms with Gasteiger partial charge in [-0.25, -0.2) is 0 Å². The zero-order valence-corrected chi connectivity index (χ0v) is 20.5. The van der Waals surface area contributed by atoms with Gasteiger partial charge in [0.1, 0.15) is 23.0 Å². The number of ketones is 2. The second-order valence-corrected chi connectivity index (χ2v) is 8.27. The largest absolute Gasteiger partial charge is 0.507 e. The van der Waals surface area contributed by atoms with Crippen LogP contribution in [0.4, 0.5) is 0 Å². The quantitative estimate of drug-likeness (QED) is 0.164. The average Bonchev–Trinajstić information content (AvgIpc) is 2.79. The number of benzene rings is 3. The van der Waals surface area contributed by atoms with Crippen LogP contribution in [0.3, 0.4) is 0 Å². The topological polar surface area (TPSA) is 99.1 Å². The molecule has 0 fully saturated rings. The Labute approximate surface area is 204 Å². The number of hydrogen-bond acceptors (Lipinski definition) is 7. The van der Waals surface area contributed by atoms with Gasteiger partial charge in [0, 0.05) is 18.9 Å². The van der Waals surface area contributed by atoms with Gasteiger partial charge in [-0.2, -0.15) is 0 Å². The first-order chi connectivity index (χ1) is 16.7. The van der Waals surface area contributed by atoms with Crippen molar-refractivity contribution in [2.24, 2.45) is 0 Å². The van der Waals surface area contributed by atoms with Crippen LogP contribution in [-0.2, 0) is 11.2 Å². The van der Waals surface area contributed by atoms with E-state index in [2.05, 4.69) is 0 Å². The van der Waals surface area contributed by atoms with Gasteiger partial charge in [0.2, 0.25) is 0 Å². The van der Waals surface area contributed by atoms with Crippen LogP contribution in [0.2, 0.25) is 0 Å². The van der Waals surface area contributed by atoms with Gasteiger partial charge in [0.25, 0.3) is 0 Å². The minimum atomic E-state index is -0.438. The van der Waals surface area contributed by atoms with E-state index in [0.29, 0.717) is 59.8 Å². The first-order valence-corrected chi connectivity index (χ1v) is 11.6. The summed E-state index contributed by atoms with van der Waals surface area (Å²) < 4.78 is 17.0. The monoisotopic (exact) mass is 478 g/mol. The Morgan fingerprint density at radius 1 is 0.857 bits per heavy atom. The van der Waals surface area contributed by atoms with Crippen LogP contribution in [0.25, 0.3) is 10.8 Å². The minimum absolute atomic E-state index is 0.0246. The van der Waals surface area contributed by atoms with E-state index in [-0.39, 0.29) is 22.9 Å². The fourth-order valence-corrected chi connectivity index (χ4v) is 3.94. The predicted octanol–water partition coefficient (Wildman–Crippen LogP) is 5.68. The minimum Gasteiger partial charge on any atom is -0.507 e. The Hall–Kier alpha value is -3.87. The average molecular weight is 479 g/mol. The summed E-state index contributed by atoms with van der Waals surface area (Å²) in [6.07, 6.45) is 1.92. The lowest BCUT2D eigenvalue weighted by Crippen LogP contribution is -2.09. The first-order valence-electron chi connectivity index (χ1n) is 11.6. The molecular formula is C28H30O7. The van der Waals surface area contributed by atoms with Crippen LogP contribution in [0.1, 0.15) is 66.8 Å². The van der Waals surface area contributed by atoms with Gasteiger partial charge in [0.05, 0.1) is 24.3 Å². The highest BCUT2D eigenvalue weighted by molar-refractivity contribution is 6.09. The van der Waals surface area contributed by atoms with Gasteiger partial charge in [-0.1, -0.05) is 25.5 Å². The van der Waals surface area contributed by atoms with E-state index in [1.54, 1.807) is 36.4 Å². The molecule has 7 heteroatoms. The standard InChI is InChI=1S/C28H30O7/c1-5-7-23-25(13-11-22(17(2)29)28(23)32)33-14-6-15-34-26-12-9-20-8-10-21(35-19(4)31)16-24(20)27(26)18(3)30/h8-13,16,32H,5-7,14-15H2,1-4H3. The van der Waals surface area contributed by atoms with Gasteiger partial charge in [-0.05, 0) is 61.4 Å². The lowest BCUT2D eigenvalue weighted by molar-refractivity contribution is -0.131. The van der Waals surface area contributed by atoms with Crippen LogP contribution in [-0.4, -0.2) is 35.9 Å². The third kappa shape index (κ3) is 6.18. The Morgan fingerprint density at radius 3 is 2.14 bits per heavy atom. The molecule has 0 amide bonds. The van der Waals surface area contributed by atoms with Crippen molar-refractivity contribution in [1.29, 1.82) is 0 Å². The fraction of sp³-hybridized carbons (Fsp3) is 0.321. The number of carbonyl (C=O) groups excluding carboxylic acids is 3. The van der Waals surface area contributed by atoms with Crippen molar-refractivity contribution >= 4 is 28.3 Å². The summed E-state index contributed by atoms with van der Waals surface area (Å²) >= 11 is 0. The number of phenols is 1. The lowest BCUT2D eigenvalue weighted by Gasteiger charge is -2.16. The molecule has 35 heavy (non-hydrogen) atoms. The van der Waals surface area contributed by atoms with Gasteiger partial charge in [-0.3, -0.25) is 14.4 Å². The molecule has 0 aliphatic carbocycles. The van der Waals surface area contributed by atoms with E-state index in [0.717, 1.165) is 11.8 Å². The van der Waals surface area contributed by atoms with Crippen LogP contribution >= 0.6 is 0 Å². The molecule has 0 unspecified atom stereocenters. The van der Waals surface area contributed by atoms with E-state index >= 15 is 0 Å². The summed E-state index contributed by atoms with van der Waals surface area (Å²) in [5, 5.41) is 12.0. The van der Waals surface area contributed by atoms with Crippen molar-refractivity contribution in [1.82, 2.24) is 0 Å². The molecule has 3 rings (SSSR count). The molecule has 0 heterocycles. The highest BCUT2D eigenvalue weighted by Gasteiger charge is 2.17. The van der Waals surface area contributed by atoms with Crippen molar-refractivity contribution < 1.29 is 33.7 Å². The molecule has 3 aromatic rings. The van der Waals surface area contributed by atoms with E-state index in [9.17, 15) is 19.5 Å². The van der Waals surface area contributed by atoms with Crippen molar-refractivity contribution in [3.63, 3.8) is 0 Å². The van der Waals surface area contributed by atoms with Crippen molar-refractivity contribution in [3.8, 4) is 23.0 Å². The predicted molar refractivity (Wildman–Crippen MR) is 133 cm³/mol. The summed E-state index contributed by atoms with van der Waals surface area (Å²) in [6.45, 7) is 6.83. The number of hydrogen-bond donors (Lipinski definition) is 1. The molecule has 0 radical (unpaired) electrons. The van der Waals surface area contributed by atoms with Gasteiger partial charge in [0.15, 0.2) is 11.6 Å². The highest BCUT2D eigenvalue weighted by Crippen LogP contribution is 2.34. The molecule has 0 aromatic heterocycles. The number of fused-ring (bicyclic) bond motifs is 1. The number of aromatic hydroxyl groups is 1. The smallest absolute Gasteiger partial charge is 0.308 e. The fourth-order valence-electron chi connectivity index (χ4n) is 3.94. The molecule has 0 bridgehead atoms. The van der Waals surface area contributed by atoms with E-state index in [1.165, 1.54) is 20.8 Å². The summed E-state index contributed by atoms with van der Waals surface area (Å²) in [7, 11) is 0. The van der Waals surface area contributed by atoms with Gasteiger partial charge >= 0.3 is 5.97 Å². The number of Topliss-reactive ketones (excluding diaryl/α,β-unsaturated/α-hetero) is 2.